The summed E-state index contributed by atoms with van der Waals surface area (Å²) in [5.74, 6) is -3.14. The zero-order valence-electron chi connectivity index (χ0n) is 12.2. The summed E-state index contributed by atoms with van der Waals surface area (Å²) in [6.45, 7) is 0. The molecule has 0 bridgehead atoms. The maximum atomic E-state index is 13.7. The normalized spacial score (nSPS) is 10.6. The summed E-state index contributed by atoms with van der Waals surface area (Å²) in [5, 5.41) is 22.8. The van der Waals surface area contributed by atoms with E-state index in [1.165, 1.54) is 19.4 Å². The van der Waals surface area contributed by atoms with Crippen LogP contribution in [0.4, 0.5) is 10.1 Å². The number of nitrogens with zero attached hydrogens (tertiary/aromatic N) is 4. The number of hydrogen-bond donors (Lipinski definition) is 2. The zero-order chi connectivity index (χ0) is 17.3. The lowest BCUT2D eigenvalue weighted by molar-refractivity contribution is 0.0697. The molecule has 122 valence electrons. The first-order chi connectivity index (χ1) is 11.5. The van der Waals surface area contributed by atoms with Crippen LogP contribution in [0.5, 0.6) is 5.75 Å². The molecule has 0 saturated heterocycles. The highest BCUT2D eigenvalue weighted by molar-refractivity contribution is 6.07. The number of anilines is 1. The van der Waals surface area contributed by atoms with E-state index in [2.05, 4.69) is 20.7 Å². The predicted molar refractivity (Wildman–Crippen MR) is 78.6 cm³/mol. The van der Waals surface area contributed by atoms with E-state index >= 15 is 0 Å². The van der Waals surface area contributed by atoms with Crippen molar-refractivity contribution >= 4 is 23.1 Å². The molecule has 0 atom stereocenters. The summed E-state index contributed by atoms with van der Waals surface area (Å²) in [5.41, 5.74) is 0.0311. The van der Waals surface area contributed by atoms with E-state index < -0.39 is 23.3 Å². The molecule has 2 N–H and O–H groups in total. The fourth-order valence-electron chi connectivity index (χ4n) is 2.02. The van der Waals surface area contributed by atoms with Gasteiger partial charge in [0.05, 0.1) is 24.6 Å². The molecule has 0 aliphatic carbocycles. The molecule has 3 rings (SSSR count). The maximum absolute atomic E-state index is 13.7. The molecule has 0 spiro atoms. The number of carboxylic acid groups (broad SMARTS) is 1. The fraction of sp³-hybridized carbons (Fsp3) is 0.0714. The van der Waals surface area contributed by atoms with Crippen molar-refractivity contribution in [1.82, 2.24) is 20.0 Å². The molecule has 0 radical (unpaired) electrons. The van der Waals surface area contributed by atoms with Gasteiger partial charge in [-0.25, -0.2) is 9.18 Å². The minimum Gasteiger partial charge on any atom is -0.494 e. The molecule has 2 aromatic heterocycles. The number of aromatic nitrogens is 4. The lowest BCUT2D eigenvalue weighted by Gasteiger charge is -2.11. The molecule has 0 aliphatic rings. The van der Waals surface area contributed by atoms with Crippen LogP contribution in [-0.2, 0) is 0 Å². The highest BCUT2D eigenvalue weighted by atomic mass is 19.1. The van der Waals surface area contributed by atoms with Gasteiger partial charge in [0.1, 0.15) is 5.52 Å². The Bertz CT molecular complexity index is 955. The molecule has 0 aliphatic heterocycles. The predicted octanol–water partition coefficient (Wildman–Crippen LogP) is 1.22. The summed E-state index contributed by atoms with van der Waals surface area (Å²) >= 11 is 0. The summed E-state index contributed by atoms with van der Waals surface area (Å²) in [6, 6.07) is 4.86. The Hall–Kier alpha value is -3.56. The van der Waals surface area contributed by atoms with Crippen LogP contribution in [0.3, 0.4) is 0 Å². The van der Waals surface area contributed by atoms with Crippen molar-refractivity contribution < 1.29 is 23.8 Å². The standard InChI is InChI=1S/C14H10FN5O4/c1-24-12-5-11(8(14(22)23)4-9(12)15)17-13(21)10-3-2-7-6-16-19-20(7)18-10/h2-6H,1H3,(H,17,21)(H,22,23). The summed E-state index contributed by atoms with van der Waals surface area (Å²) in [7, 11) is 1.23. The van der Waals surface area contributed by atoms with Gasteiger partial charge in [-0.2, -0.15) is 0 Å². The Labute approximate surface area is 133 Å². The van der Waals surface area contributed by atoms with Crippen LogP contribution < -0.4 is 10.1 Å². The number of ether oxygens (including phenoxy) is 1. The molecular weight excluding hydrogens is 321 g/mol. The number of amides is 1. The van der Waals surface area contributed by atoms with Gasteiger partial charge in [0.2, 0.25) is 0 Å². The number of methoxy groups -OCH3 is 1. The first-order valence-electron chi connectivity index (χ1n) is 6.59. The van der Waals surface area contributed by atoms with Gasteiger partial charge in [0.15, 0.2) is 17.3 Å². The average molecular weight is 331 g/mol. The lowest BCUT2D eigenvalue weighted by atomic mass is 10.1. The third-order valence-electron chi connectivity index (χ3n) is 3.17. The van der Waals surface area contributed by atoms with Crippen LogP contribution >= 0.6 is 0 Å². The van der Waals surface area contributed by atoms with Gasteiger partial charge in [0.25, 0.3) is 5.91 Å². The second kappa shape index (κ2) is 5.91. The molecule has 24 heavy (non-hydrogen) atoms. The Morgan fingerprint density at radius 2 is 2.12 bits per heavy atom. The topological polar surface area (TPSA) is 119 Å². The van der Waals surface area contributed by atoms with E-state index in [0.29, 0.717) is 5.52 Å². The number of halogens is 1. The van der Waals surface area contributed by atoms with Crippen LogP contribution in [0.1, 0.15) is 20.8 Å². The number of hydrogen-bond acceptors (Lipinski definition) is 6. The van der Waals surface area contributed by atoms with Crippen molar-refractivity contribution in [1.29, 1.82) is 0 Å². The van der Waals surface area contributed by atoms with Crippen molar-refractivity contribution in [3.8, 4) is 5.75 Å². The molecular formula is C14H10FN5O4. The Morgan fingerprint density at radius 1 is 1.33 bits per heavy atom. The fourth-order valence-corrected chi connectivity index (χ4v) is 2.02. The van der Waals surface area contributed by atoms with Crippen molar-refractivity contribution in [3.05, 3.63) is 47.5 Å². The van der Waals surface area contributed by atoms with Crippen LogP contribution in [0.15, 0.2) is 30.5 Å². The number of carbonyl (C=O) groups is 2. The van der Waals surface area contributed by atoms with Gasteiger partial charge in [-0.1, -0.05) is 0 Å². The van der Waals surface area contributed by atoms with Gasteiger partial charge < -0.3 is 15.2 Å². The largest absolute Gasteiger partial charge is 0.494 e. The molecule has 1 amide bonds. The van der Waals surface area contributed by atoms with E-state index in [1.807, 2.05) is 0 Å². The number of benzene rings is 1. The number of carbonyl (C=O) groups excluding carboxylic acids is 1. The van der Waals surface area contributed by atoms with Crippen LogP contribution in [0.25, 0.3) is 5.52 Å². The quantitative estimate of drug-likeness (QED) is 0.738. The maximum Gasteiger partial charge on any atom is 0.337 e. The number of carboxylic acids is 1. The van der Waals surface area contributed by atoms with E-state index in [-0.39, 0.29) is 17.1 Å². The molecule has 9 nitrogen and oxygen atoms in total. The van der Waals surface area contributed by atoms with Crippen LogP contribution in [0.2, 0.25) is 0 Å². The van der Waals surface area contributed by atoms with Gasteiger partial charge >= 0.3 is 5.97 Å². The molecule has 0 fully saturated rings. The Balaban J connectivity index is 1.97. The third-order valence-corrected chi connectivity index (χ3v) is 3.17. The zero-order valence-corrected chi connectivity index (χ0v) is 12.2. The second-order valence-electron chi connectivity index (χ2n) is 4.66. The summed E-state index contributed by atoms with van der Waals surface area (Å²) < 4.78 is 19.6. The number of fused-ring (bicyclic) bond motifs is 1. The second-order valence-corrected chi connectivity index (χ2v) is 4.66. The van der Waals surface area contributed by atoms with Crippen LogP contribution in [-0.4, -0.2) is 44.1 Å². The molecule has 0 unspecified atom stereocenters. The summed E-state index contributed by atoms with van der Waals surface area (Å²) in [4.78, 5) is 23.5. The molecule has 3 aromatic rings. The molecule has 1 aromatic carbocycles. The van der Waals surface area contributed by atoms with Gasteiger partial charge in [-0.15, -0.1) is 14.8 Å². The number of nitrogens with one attached hydrogen (secondary N) is 1. The van der Waals surface area contributed by atoms with Crippen LogP contribution in [0, 0.1) is 5.82 Å². The Kier molecular flexibility index (Phi) is 3.78. The average Bonchev–Trinajstić information content (AvgIpc) is 3.03. The highest BCUT2D eigenvalue weighted by Gasteiger charge is 2.19. The lowest BCUT2D eigenvalue weighted by Crippen LogP contribution is -2.18. The van der Waals surface area contributed by atoms with Gasteiger partial charge in [-0.05, 0) is 23.4 Å². The monoisotopic (exact) mass is 331 g/mol. The highest BCUT2D eigenvalue weighted by Crippen LogP contribution is 2.26. The minimum absolute atomic E-state index is 0.0207. The Morgan fingerprint density at radius 3 is 2.83 bits per heavy atom. The number of aromatic carboxylic acids is 1. The molecule has 0 saturated carbocycles. The first kappa shape index (κ1) is 15.3. The van der Waals surface area contributed by atoms with E-state index in [0.717, 1.165) is 16.8 Å². The minimum atomic E-state index is -1.40. The SMILES string of the molecule is COc1cc(NC(=O)c2ccc3cnnn3n2)c(C(=O)O)cc1F. The van der Waals surface area contributed by atoms with E-state index in [1.54, 1.807) is 6.07 Å². The summed E-state index contributed by atoms with van der Waals surface area (Å²) in [6.07, 6.45) is 1.46. The van der Waals surface area contributed by atoms with Crippen molar-refractivity contribution in [3.63, 3.8) is 0 Å². The van der Waals surface area contributed by atoms with Crippen molar-refractivity contribution in [2.75, 3.05) is 12.4 Å². The van der Waals surface area contributed by atoms with Gasteiger partial charge in [0, 0.05) is 6.07 Å². The first-order valence-corrected chi connectivity index (χ1v) is 6.59. The third kappa shape index (κ3) is 2.72. The van der Waals surface area contributed by atoms with Gasteiger partial charge in [-0.3, -0.25) is 4.79 Å². The number of rotatable bonds is 4. The van der Waals surface area contributed by atoms with E-state index in [9.17, 15) is 14.0 Å². The van der Waals surface area contributed by atoms with E-state index in [4.69, 9.17) is 9.84 Å². The van der Waals surface area contributed by atoms with Crippen molar-refractivity contribution in [2.45, 2.75) is 0 Å². The van der Waals surface area contributed by atoms with Crippen molar-refractivity contribution in [2.24, 2.45) is 0 Å². The smallest absolute Gasteiger partial charge is 0.337 e. The molecule has 10 heteroatoms. The molecule has 2 heterocycles.